The van der Waals surface area contributed by atoms with Gasteiger partial charge in [0.15, 0.2) is 5.43 Å². The van der Waals surface area contributed by atoms with Crippen molar-refractivity contribution >= 4 is 21.7 Å². The van der Waals surface area contributed by atoms with Crippen molar-refractivity contribution in [2.45, 2.75) is 13.8 Å². The van der Waals surface area contributed by atoms with Gasteiger partial charge in [-0.2, -0.15) is 0 Å². The van der Waals surface area contributed by atoms with Crippen LogP contribution < -0.4 is 5.43 Å². The van der Waals surface area contributed by atoms with E-state index in [1.54, 1.807) is 13.0 Å². The summed E-state index contributed by atoms with van der Waals surface area (Å²) < 4.78 is 5.62. The lowest BCUT2D eigenvalue weighted by Crippen LogP contribution is -2.01. The van der Waals surface area contributed by atoms with Gasteiger partial charge in [-0.1, -0.05) is 0 Å². The van der Waals surface area contributed by atoms with Gasteiger partial charge < -0.3 is 14.6 Å². The summed E-state index contributed by atoms with van der Waals surface area (Å²) in [5.74, 6) is 0.455. The van der Waals surface area contributed by atoms with Gasteiger partial charge in [-0.15, -0.1) is 0 Å². The van der Waals surface area contributed by atoms with Gasteiger partial charge in [0.25, 0.3) is 0 Å². The fraction of sp³-hybridized carbons (Fsp3) is 0.133. The van der Waals surface area contributed by atoms with E-state index in [0.717, 1.165) is 10.9 Å². The predicted octanol–water partition coefficient (Wildman–Crippen LogP) is 2.97. The van der Waals surface area contributed by atoms with E-state index in [4.69, 9.17) is 4.42 Å². The zero-order valence-electron chi connectivity index (χ0n) is 10.5. The normalized spacial score (nSPS) is 11.3. The molecule has 0 spiro atoms. The third-order valence-electron chi connectivity index (χ3n) is 3.20. The van der Waals surface area contributed by atoms with Crippen LogP contribution in [-0.4, -0.2) is 10.2 Å². The molecule has 0 saturated heterocycles. The lowest BCUT2D eigenvalue weighted by atomic mass is 10.0. The van der Waals surface area contributed by atoms with Crippen LogP contribution in [0.2, 0.25) is 0 Å². The van der Waals surface area contributed by atoms with E-state index in [1.807, 2.05) is 6.92 Å². The summed E-state index contributed by atoms with van der Waals surface area (Å²) in [7, 11) is 0. The quantitative estimate of drug-likeness (QED) is 0.606. The third kappa shape index (κ3) is 1.64. The highest BCUT2D eigenvalue weighted by atomic mass is 16.3. The number of benzene rings is 2. The summed E-state index contributed by atoms with van der Waals surface area (Å²) in [6.07, 6.45) is 0. The highest BCUT2D eigenvalue weighted by molar-refractivity contribution is 6.08. The van der Waals surface area contributed by atoms with Gasteiger partial charge >= 0.3 is 0 Å². The molecule has 3 aromatic rings. The number of rotatable bonds is 0. The molecule has 4 nitrogen and oxygen atoms in total. The van der Waals surface area contributed by atoms with Crippen molar-refractivity contribution in [1.29, 1.82) is 0 Å². The molecule has 1 aromatic heterocycles. The Labute approximate surface area is 108 Å². The Morgan fingerprint density at radius 2 is 1.74 bits per heavy atom. The number of phenols is 2. The van der Waals surface area contributed by atoms with Crippen LogP contribution in [0.3, 0.4) is 0 Å². The molecule has 0 fully saturated rings. The molecule has 0 saturated carbocycles. The average Bonchev–Trinajstić information content (AvgIpc) is 2.25. The van der Waals surface area contributed by atoms with E-state index >= 15 is 0 Å². The fourth-order valence-electron chi connectivity index (χ4n) is 2.47. The standard InChI is InChI=1S/C15H12O4/c1-7-3-10(16)5-9-6-12(18)14-11(17)4-8(2)19-15(14)13(7)9/h3-6,16,18H,1-2H3. The Hall–Kier alpha value is -2.49. The van der Waals surface area contributed by atoms with Crippen LogP contribution in [0.15, 0.2) is 33.5 Å². The number of hydrogen-bond donors (Lipinski definition) is 2. The Bertz CT molecular complexity index is 875. The summed E-state index contributed by atoms with van der Waals surface area (Å²) in [6.45, 7) is 3.51. The first kappa shape index (κ1) is 11.6. The predicted molar refractivity (Wildman–Crippen MR) is 72.8 cm³/mol. The van der Waals surface area contributed by atoms with E-state index in [-0.39, 0.29) is 22.3 Å². The van der Waals surface area contributed by atoms with Crippen molar-refractivity contribution in [2.24, 2.45) is 0 Å². The number of aromatic hydroxyl groups is 2. The summed E-state index contributed by atoms with van der Waals surface area (Å²) in [4.78, 5) is 12.0. The van der Waals surface area contributed by atoms with Crippen LogP contribution in [0.4, 0.5) is 0 Å². The highest BCUT2D eigenvalue weighted by Gasteiger charge is 2.14. The molecule has 0 atom stereocenters. The summed E-state index contributed by atoms with van der Waals surface area (Å²) in [5.41, 5.74) is 0.872. The zero-order chi connectivity index (χ0) is 13.7. The number of hydrogen-bond acceptors (Lipinski definition) is 4. The average molecular weight is 256 g/mol. The van der Waals surface area contributed by atoms with Crippen molar-refractivity contribution < 1.29 is 14.6 Å². The van der Waals surface area contributed by atoms with Crippen molar-refractivity contribution in [3.63, 3.8) is 0 Å². The maximum absolute atomic E-state index is 12.0. The second-order valence-electron chi connectivity index (χ2n) is 4.68. The molecule has 0 bridgehead atoms. The van der Waals surface area contributed by atoms with Gasteiger partial charge in [0.2, 0.25) is 0 Å². The summed E-state index contributed by atoms with van der Waals surface area (Å²) >= 11 is 0. The molecule has 19 heavy (non-hydrogen) atoms. The minimum absolute atomic E-state index is 0.110. The smallest absolute Gasteiger partial charge is 0.196 e. The molecule has 2 aromatic carbocycles. The van der Waals surface area contributed by atoms with E-state index in [2.05, 4.69) is 0 Å². The zero-order valence-corrected chi connectivity index (χ0v) is 10.5. The molecule has 3 rings (SSSR count). The van der Waals surface area contributed by atoms with Crippen molar-refractivity contribution in [1.82, 2.24) is 0 Å². The molecular weight excluding hydrogens is 244 g/mol. The lowest BCUT2D eigenvalue weighted by molar-refractivity contribution is 0.475. The van der Waals surface area contributed by atoms with E-state index in [1.165, 1.54) is 18.2 Å². The topological polar surface area (TPSA) is 70.7 Å². The monoisotopic (exact) mass is 256 g/mol. The molecule has 4 heteroatoms. The van der Waals surface area contributed by atoms with E-state index in [9.17, 15) is 15.0 Å². The highest BCUT2D eigenvalue weighted by Crippen LogP contribution is 2.35. The maximum atomic E-state index is 12.0. The second-order valence-corrected chi connectivity index (χ2v) is 4.68. The second kappa shape index (κ2) is 3.75. The first-order valence-corrected chi connectivity index (χ1v) is 5.87. The first-order chi connectivity index (χ1) is 8.97. The minimum atomic E-state index is -0.273. The lowest BCUT2D eigenvalue weighted by Gasteiger charge is -2.09. The van der Waals surface area contributed by atoms with Crippen LogP contribution in [0.1, 0.15) is 11.3 Å². The van der Waals surface area contributed by atoms with E-state index in [0.29, 0.717) is 16.7 Å². The fourth-order valence-corrected chi connectivity index (χ4v) is 2.47. The van der Waals surface area contributed by atoms with Gasteiger partial charge in [-0.3, -0.25) is 4.79 Å². The molecule has 0 unspecified atom stereocenters. The number of aryl methyl sites for hydroxylation is 2. The largest absolute Gasteiger partial charge is 0.508 e. The third-order valence-corrected chi connectivity index (χ3v) is 3.20. The first-order valence-electron chi connectivity index (χ1n) is 5.87. The van der Waals surface area contributed by atoms with Gasteiger partial charge in [-0.25, -0.2) is 0 Å². The summed E-state index contributed by atoms with van der Waals surface area (Å²) in [6, 6.07) is 5.95. The van der Waals surface area contributed by atoms with Crippen molar-refractivity contribution in [3.8, 4) is 11.5 Å². The number of fused-ring (bicyclic) bond motifs is 3. The van der Waals surface area contributed by atoms with Gasteiger partial charge in [0.1, 0.15) is 28.2 Å². The molecule has 1 heterocycles. The van der Waals surface area contributed by atoms with Crippen LogP contribution >= 0.6 is 0 Å². The Morgan fingerprint density at radius 1 is 1.00 bits per heavy atom. The molecule has 0 aliphatic carbocycles. The molecule has 0 aliphatic heterocycles. The molecule has 0 aliphatic rings. The van der Waals surface area contributed by atoms with Crippen LogP contribution in [0.25, 0.3) is 21.7 Å². The maximum Gasteiger partial charge on any atom is 0.196 e. The van der Waals surface area contributed by atoms with Gasteiger partial charge in [0, 0.05) is 11.5 Å². The summed E-state index contributed by atoms with van der Waals surface area (Å²) in [5, 5.41) is 21.1. The number of phenolic OH excluding ortho intramolecular Hbond substituents is 2. The SMILES string of the molecule is Cc1cc(=O)c2c(O)cc3cc(O)cc(C)c3c2o1. The Balaban J connectivity index is 2.70. The van der Waals surface area contributed by atoms with Gasteiger partial charge in [0.05, 0.1) is 0 Å². The van der Waals surface area contributed by atoms with Crippen LogP contribution in [-0.2, 0) is 0 Å². The van der Waals surface area contributed by atoms with Crippen LogP contribution in [0.5, 0.6) is 11.5 Å². The van der Waals surface area contributed by atoms with Crippen molar-refractivity contribution in [2.75, 3.05) is 0 Å². The minimum Gasteiger partial charge on any atom is -0.508 e. The van der Waals surface area contributed by atoms with Crippen LogP contribution in [0, 0.1) is 13.8 Å². The van der Waals surface area contributed by atoms with Crippen molar-refractivity contribution in [3.05, 3.63) is 45.8 Å². The molecular formula is C15H12O4. The molecule has 96 valence electrons. The van der Waals surface area contributed by atoms with Gasteiger partial charge in [-0.05, 0) is 43.0 Å². The molecule has 0 amide bonds. The molecule has 0 radical (unpaired) electrons. The molecule has 2 N–H and O–H groups in total. The Morgan fingerprint density at radius 3 is 2.47 bits per heavy atom. The van der Waals surface area contributed by atoms with E-state index < -0.39 is 0 Å². The Kier molecular flexibility index (Phi) is 2.29.